The van der Waals surface area contributed by atoms with Crippen molar-refractivity contribution in [3.8, 4) is 0 Å². The van der Waals surface area contributed by atoms with Gasteiger partial charge in [-0.1, -0.05) is 66.7 Å². The lowest BCUT2D eigenvalue weighted by atomic mass is 10.1. The fourth-order valence-electron chi connectivity index (χ4n) is 2.56. The van der Waals surface area contributed by atoms with Gasteiger partial charge >= 0.3 is 0 Å². The van der Waals surface area contributed by atoms with E-state index in [-0.39, 0.29) is 24.7 Å². The predicted octanol–water partition coefficient (Wildman–Crippen LogP) is 4.28. The number of Topliss-reactive ketones (excluding diaryl/α,β-unsaturated/α-hetero) is 2. The Morgan fingerprint density at radius 3 is 1.42 bits per heavy atom. The highest BCUT2D eigenvalue weighted by Gasteiger charge is 2.06. The third-order valence-corrected chi connectivity index (χ3v) is 3.96. The summed E-state index contributed by atoms with van der Waals surface area (Å²) in [6.07, 6.45) is 0. The average molecular weight is 344 g/mol. The van der Waals surface area contributed by atoms with Crippen molar-refractivity contribution in [1.82, 2.24) is 0 Å². The van der Waals surface area contributed by atoms with Gasteiger partial charge in [-0.2, -0.15) is 0 Å². The van der Waals surface area contributed by atoms with E-state index in [9.17, 15) is 9.59 Å². The monoisotopic (exact) mass is 344 g/mol. The molecule has 0 radical (unpaired) electrons. The minimum Gasteiger partial charge on any atom is -0.378 e. The first-order valence-electron chi connectivity index (χ1n) is 8.47. The summed E-state index contributed by atoms with van der Waals surface area (Å²) in [6, 6.07) is 25.9. The van der Waals surface area contributed by atoms with Crippen molar-refractivity contribution in [1.29, 1.82) is 0 Å². The average Bonchev–Trinajstić information content (AvgIpc) is 2.72. The summed E-state index contributed by atoms with van der Waals surface area (Å²) in [5.74, 6) is 0.0615. The maximum Gasteiger partial charge on any atom is 0.181 e. The first-order valence-corrected chi connectivity index (χ1v) is 8.47. The van der Waals surface area contributed by atoms with Crippen LogP contribution < -0.4 is 10.6 Å². The van der Waals surface area contributed by atoms with E-state index in [1.807, 2.05) is 60.7 Å². The van der Waals surface area contributed by atoms with E-state index in [4.69, 9.17) is 0 Å². The van der Waals surface area contributed by atoms with Gasteiger partial charge in [-0.15, -0.1) is 0 Å². The van der Waals surface area contributed by atoms with E-state index in [2.05, 4.69) is 10.6 Å². The van der Waals surface area contributed by atoms with Crippen LogP contribution in [0, 0.1) is 0 Å². The van der Waals surface area contributed by atoms with Crippen molar-refractivity contribution < 1.29 is 9.59 Å². The van der Waals surface area contributed by atoms with E-state index in [1.54, 1.807) is 24.3 Å². The van der Waals surface area contributed by atoms with Gasteiger partial charge in [0.1, 0.15) is 0 Å². The van der Waals surface area contributed by atoms with Crippen LogP contribution in [-0.4, -0.2) is 24.7 Å². The second-order valence-corrected chi connectivity index (χ2v) is 5.87. The Balaban J connectivity index is 1.55. The number of hydrogen-bond acceptors (Lipinski definition) is 4. The van der Waals surface area contributed by atoms with Crippen molar-refractivity contribution in [2.24, 2.45) is 0 Å². The van der Waals surface area contributed by atoms with E-state index in [1.165, 1.54) is 0 Å². The molecule has 3 aromatic rings. The van der Waals surface area contributed by atoms with Crippen LogP contribution in [-0.2, 0) is 0 Å². The van der Waals surface area contributed by atoms with Crippen molar-refractivity contribution in [3.63, 3.8) is 0 Å². The van der Waals surface area contributed by atoms with Gasteiger partial charge in [0.05, 0.1) is 13.1 Å². The molecule has 0 amide bonds. The Kier molecular flexibility index (Phi) is 5.78. The maximum atomic E-state index is 12.2. The summed E-state index contributed by atoms with van der Waals surface area (Å²) in [5, 5.41) is 6.26. The Hall–Kier alpha value is -3.40. The lowest BCUT2D eigenvalue weighted by Crippen LogP contribution is -2.15. The number of anilines is 2. The van der Waals surface area contributed by atoms with Gasteiger partial charge in [0.2, 0.25) is 0 Å². The summed E-state index contributed by atoms with van der Waals surface area (Å²) in [4.78, 5) is 24.3. The summed E-state index contributed by atoms with van der Waals surface area (Å²) in [6.45, 7) is 0.437. The molecule has 4 heteroatoms. The van der Waals surface area contributed by atoms with Crippen LogP contribution in [0.25, 0.3) is 0 Å². The quantitative estimate of drug-likeness (QED) is 0.599. The third-order valence-electron chi connectivity index (χ3n) is 3.96. The number of ketones is 2. The number of rotatable bonds is 8. The molecule has 0 bridgehead atoms. The molecule has 0 heterocycles. The number of hydrogen-bond donors (Lipinski definition) is 2. The van der Waals surface area contributed by atoms with E-state index in [0.717, 1.165) is 11.4 Å². The molecule has 0 fully saturated rings. The van der Waals surface area contributed by atoms with Gasteiger partial charge < -0.3 is 10.6 Å². The third kappa shape index (κ3) is 4.80. The molecule has 0 aliphatic carbocycles. The maximum absolute atomic E-state index is 12.2. The Labute approximate surface area is 152 Å². The van der Waals surface area contributed by atoms with Crippen molar-refractivity contribution in [2.75, 3.05) is 23.7 Å². The first-order chi connectivity index (χ1) is 12.7. The van der Waals surface area contributed by atoms with E-state index < -0.39 is 0 Å². The second kappa shape index (κ2) is 8.62. The van der Waals surface area contributed by atoms with Crippen LogP contribution in [0.2, 0.25) is 0 Å². The molecule has 0 aliphatic heterocycles. The number of carbonyl (C=O) groups is 2. The molecule has 0 saturated heterocycles. The fourth-order valence-corrected chi connectivity index (χ4v) is 2.56. The molecule has 3 rings (SSSR count). The van der Waals surface area contributed by atoms with Crippen LogP contribution in [0.1, 0.15) is 20.7 Å². The van der Waals surface area contributed by atoms with Crippen LogP contribution >= 0.6 is 0 Å². The molecule has 0 spiro atoms. The summed E-state index contributed by atoms with van der Waals surface area (Å²) in [7, 11) is 0. The lowest BCUT2D eigenvalue weighted by molar-refractivity contribution is 0.0998. The van der Waals surface area contributed by atoms with Gasteiger partial charge in [0, 0.05) is 22.5 Å². The summed E-state index contributed by atoms with van der Waals surface area (Å²) in [5.41, 5.74) is 3.02. The molecule has 130 valence electrons. The summed E-state index contributed by atoms with van der Waals surface area (Å²) < 4.78 is 0. The molecule has 2 N–H and O–H groups in total. The van der Waals surface area contributed by atoms with E-state index >= 15 is 0 Å². The highest BCUT2D eigenvalue weighted by atomic mass is 16.1. The molecule has 0 aliphatic rings. The predicted molar refractivity (Wildman–Crippen MR) is 105 cm³/mol. The molecule has 0 aromatic heterocycles. The number of carbonyl (C=O) groups excluding carboxylic acids is 2. The Morgan fingerprint density at radius 1 is 0.577 bits per heavy atom. The normalized spacial score (nSPS) is 10.2. The Bertz CT molecular complexity index is 806. The largest absolute Gasteiger partial charge is 0.378 e. The molecule has 26 heavy (non-hydrogen) atoms. The fraction of sp³-hybridized carbons (Fsp3) is 0.0909. The van der Waals surface area contributed by atoms with Crippen LogP contribution in [0.3, 0.4) is 0 Å². The minimum atomic E-state index is 0.0308. The zero-order valence-corrected chi connectivity index (χ0v) is 14.3. The molecule has 3 aromatic carbocycles. The van der Waals surface area contributed by atoms with Crippen LogP contribution in [0.4, 0.5) is 11.4 Å². The van der Waals surface area contributed by atoms with Gasteiger partial charge in [-0.25, -0.2) is 0 Å². The molecule has 4 nitrogen and oxygen atoms in total. The molecule has 0 unspecified atom stereocenters. The number of benzene rings is 3. The van der Waals surface area contributed by atoms with Gasteiger partial charge in [0.25, 0.3) is 0 Å². The molecular formula is C22H20N2O2. The van der Waals surface area contributed by atoms with Gasteiger partial charge in [-0.3, -0.25) is 9.59 Å². The summed E-state index contributed by atoms with van der Waals surface area (Å²) >= 11 is 0. The minimum absolute atomic E-state index is 0.0308. The first kappa shape index (κ1) is 17.4. The van der Waals surface area contributed by atoms with Gasteiger partial charge in [-0.05, 0) is 18.2 Å². The van der Waals surface area contributed by atoms with Gasteiger partial charge in [0.15, 0.2) is 11.6 Å². The Morgan fingerprint density at radius 2 is 1.00 bits per heavy atom. The SMILES string of the molecule is O=C(CNc1cccc(NCC(=O)c2ccccc2)c1)c1ccccc1. The van der Waals surface area contributed by atoms with Crippen LogP contribution in [0.5, 0.6) is 0 Å². The van der Waals surface area contributed by atoms with Crippen molar-refractivity contribution in [3.05, 3.63) is 96.1 Å². The van der Waals surface area contributed by atoms with Crippen molar-refractivity contribution in [2.45, 2.75) is 0 Å². The van der Waals surface area contributed by atoms with E-state index in [0.29, 0.717) is 11.1 Å². The van der Waals surface area contributed by atoms with Crippen LogP contribution in [0.15, 0.2) is 84.9 Å². The zero-order chi connectivity index (χ0) is 18.2. The highest BCUT2D eigenvalue weighted by Crippen LogP contribution is 2.15. The molecular weight excluding hydrogens is 324 g/mol. The molecule has 0 atom stereocenters. The topological polar surface area (TPSA) is 58.2 Å². The molecule has 0 saturated carbocycles. The lowest BCUT2D eigenvalue weighted by Gasteiger charge is -2.10. The van der Waals surface area contributed by atoms with Crippen molar-refractivity contribution >= 4 is 22.9 Å². The number of nitrogens with one attached hydrogen (secondary N) is 2. The smallest absolute Gasteiger partial charge is 0.181 e. The zero-order valence-electron chi connectivity index (χ0n) is 14.3. The second-order valence-electron chi connectivity index (χ2n) is 5.87. The highest BCUT2D eigenvalue weighted by molar-refractivity contribution is 5.99. The standard InChI is InChI=1S/C22H20N2O2/c25-21(17-8-3-1-4-9-17)15-23-19-12-7-13-20(14-19)24-16-22(26)18-10-5-2-6-11-18/h1-14,23-24H,15-16H2.